The molecule has 1 atom stereocenters. The first kappa shape index (κ1) is 19.0. The Morgan fingerprint density at radius 3 is 2.48 bits per heavy atom. The van der Waals surface area contributed by atoms with Crippen LogP contribution in [0.2, 0.25) is 0 Å². The number of carbonyl (C=O) groups excluding carboxylic acids is 3. The van der Waals surface area contributed by atoms with Gasteiger partial charge in [-0.2, -0.15) is 0 Å². The van der Waals surface area contributed by atoms with Gasteiger partial charge in [-0.3, -0.25) is 9.59 Å². The van der Waals surface area contributed by atoms with Crippen LogP contribution in [0.25, 0.3) is 0 Å². The number of hydrogen-bond donors (Lipinski definition) is 1. The third kappa shape index (κ3) is 6.21. The highest BCUT2D eigenvalue weighted by atomic mass is 16.6. The van der Waals surface area contributed by atoms with Crippen LogP contribution in [0, 0.1) is 0 Å². The largest absolute Gasteiger partial charge is 0.444 e. The molecule has 136 valence electrons. The van der Waals surface area contributed by atoms with E-state index in [0.29, 0.717) is 25.1 Å². The molecule has 1 aromatic carbocycles. The molecule has 1 aliphatic heterocycles. The zero-order valence-corrected chi connectivity index (χ0v) is 15.1. The topological polar surface area (TPSA) is 75.7 Å². The maximum atomic E-state index is 12.0. The van der Waals surface area contributed by atoms with E-state index >= 15 is 0 Å². The molecule has 1 aliphatic rings. The smallest absolute Gasteiger partial charge is 0.410 e. The molecule has 1 aromatic rings. The molecule has 0 radical (unpaired) electrons. The Hall–Kier alpha value is -2.37. The van der Waals surface area contributed by atoms with Gasteiger partial charge in [-0.15, -0.1) is 0 Å². The predicted octanol–water partition coefficient (Wildman–Crippen LogP) is 2.78. The molecule has 1 fully saturated rings. The molecule has 2 amide bonds. The van der Waals surface area contributed by atoms with Gasteiger partial charge < -0.3 is 15.0 Å². The van der Waals surface area contributed by atoms with Crippen molar-refractivity contribution in [3.63, 3.8) is 0 Å². The highest BCUT2D eigenvalue weighted by Crippen LogP contribution is 2.15. The molecule has 0 spiro atoms. The minimum absolute atomic E-state index is 0.0439. The van der Waals surface area contributed by atoms with Crippen molar-refractivity contribution in [3.05, 3.63) is 35.9 Å². The summed E-state index contributed by atoms with van der Waals surface area (Å²) in [4.78, 5) is 37.7. The molecule has 1 saturated heterocycles. The van der Waals surface area contributed by atoms with Crippen molar-refractivity contribution in [2.24, 2.45) is 0 Å². The lowest BCUT2D eigenvalue weighted by Gasteiger charge is -2.24. The number of amides is 2. The fourth-order valence-electron chi connectivity index (χ4n) is 2.67. The lowest BCUT2D eigenvalue weighted by Crippen LogP contribution is -2.40. The molecule has 2 rings (SSSR count). The van der Waals surface area contributed by atoms with E-state index in [1.54, 1.807) is 29.2 Å². The first-order valence-corrected chi connectivity index (χ1v) is 8.60. The van der Waals surface area contributed by atoms with Crippen LogP contribution < -0.4 is 5.32 Å². The van der Waals surface area contributed by atoms with E-state index in [-0.39, 0.29) is 36.7 Å². The van der Waals surface area contributed by atoms with E-state index in [1.165, 1.54) is 0 Å². The van der Waals surface area contributed by atoms with Crippen LogP contribution in [-0.4, -0.2) is 47.4 Å². The van der Waals surface area contributed by atoms with Gasteiger partial charge >= 0.3 is 6.09 Å². The van der Waals surface area contributed by atoms with E-state index in [9.17, 15) is 14.4 Å². The van der Waals surface area contributed by atoms with Gasteiger partial charge in [0, 0.05) is 37.5 Å². The first-order chi connectivity index (χ1) is 11.7. The van der Waals surface area contributed by atoms with Crippen molar-refractivity contribution < 1.29 is 19.1 Å². The van der Waals surface area contributed by atoms with Gasteiger partial charge in [0.05, 0.1) is 0 Å². The van der Waals surface area contributed by atoms with Crippen molar-refractivity contribution >= 4 is 17.8 Å². The number of likely N-dealkylation sites (tertiary alicyclic amines) is 1. The number of rotatable bonds is 5. The fraction of sp³-hybridized carbons (Fsp3) is 0.526. The molecule has 25 heavy (non-hydrogen) atoms. The molecule has 1 N–H and O–H groups in total. The van der Waals surface area contributed by atoms with Crippen molar-refractivity contribution in [2.75, 3.05) is 13.1 Å². The second-order valence-electron chi connectivity index (χ2n) is 7.27. The molecular formula is C19H26N2O4. The van der Waals surface area contributed by atoms with E-state index in [1.807, 2.05) is 26.8 Å². The molecule has 0 aliphatic carbocycles. The number of benzene rings is 1. The number of carbonyl (C=O) groups is 3. The molecule has 0 unspecified atom stereocenters. The van der Waals surface area contributed by atoms with Crippen LogP contribution in [0.15, 0.2) is 30.3 Å². The summed E-state index contributed by atoms with van der Waals surface area (Å²) in [5, 5.41) is 2.89. The van der Waals surface area contributed by atoms with Gasteiger partial charge in [-0.1, -0.05) is 30.3 Å². The van der Waals surface area contributed by atoms with E-state index < -0.39 is 5.60 Å². The maximum absolute atomic E-state index is 12.0. The number of ether oxygens (including phenoxy) is 1. The van der Waals surface area contributed by atoms with Gasteiger partial charge in [0.1, 0.15) is 5.60 Å². The van der Waals surface area contributed by atoms with E-state index in [0.717, 1.165) is 0 Å². The Labute approximate surface area is 148 Å². The van der Waals surface area contributed by atoms with Crippen LogP contribution in [0.1, 0.15) is 50.4 Å². The second kappa shape index (κ2) is 8.14. The summed E-state index contributed by atoms with van der Waals surface area (Å²) in [7, 11) is 0. The molecule has 6 heteroatoms. The zero-order valence-electron chi connectivity index (χ0n) is 15.1. The standard InChI is InChI=1S/C19H26N2O4/c1-19(2,3)25-18(24)21-12-11-15(13-21)20-17(23)10-9-16(22)14-7-5-4-6-8-14/h4-8,15H,9-13H2,1-3H3,(H,20,23)/t15-/m1/s1. The van der Waals surface area contributed by atoms with Gasteiger partial charge in [-0.05, 0) is 27.2 Å². The Balaban J connectivity index is 1.73. The summed E-state index contributed by atoms with van der Waals surface area (Å²) in [6.45, 7) is 6.47. The fourth-order valence-corrected chi connectivity index (χ4v) is 2.67. The van der Waals surface area contributed by atoms with Crippen molar-refractivity contribution in [1.29, 1.82) is 0 Å². The Bertz CT molecular complexity index is 622. The SMILES string of the molecule is CC(C)(C)OC(=O)N1CC[C@@H](NC(=O)CCC(=O)c2ccccc2)C1. The number of Topliss-reactive ketones (excluding diaryl/α,β-unsaturated/α-hetero) is 1. The average molecular weight is 346 g/mol. The van der Waals surface area contributed by atoms with Gasteiger partial charge in [0.2, 0.25) is 5.91 Å². The summed E-state index contributed by atoms with van der Waals surface area (Å²) >= 11 is 0. The van der Waals surface area contributed by atoms with Gasteiger partial charge in [0.25, 0.3) is 0 Å². The van der Waals surface area contributed by atoms with Crippen molar-refractivity contribution in [1.82, 2.24) is 10.2 Å². The van der Waals surface area contributed by atoms with Gasteiger partial charge in [-0.25, -0.2) is 4.79 Å². The highest BCUT2D eigenvalue weighted by molar-refractivity contribution is 5.97. The summed E-state index contributed by atoms with van der Waals surface area (Å²) < 4.78 is 5.33. The maximum Gasteiger partial charge on any atom is 0.410 e. The number of nitrogens with one attached hydrogen (secondary N) is 1. The Morgan fingerprint density at radius 1 is 1.16 bits per heavy atom. The van der Waals surface area contributed by atoms with Crippen LogP contribution in [-0.2, 0) is 9.53 Å². The predicted molar refractivity (Wildman–Crippen MR) is 94.4 cm³/mol. The summed E-state index contributed by atoms with van der Waals surface area (Å²) in [5.41, 5.74) is 0.0863. The average Bonchev–Trinajstić information content (AvgIpc) is 3.00. The quantitative estimate of drug-likeness (QED) is 0.832. The molecule has 0 aromatic heterocycles. The second-order valence-corrected chi connectivity index (χ2v) is 7.27. The monoisotopic (exact) mass is 346 g/mol. The number of hydrogen-bond acceptors (Lipinski definition) is 4. The van der Waals surface area contributed by atoms with E-state index in [4.69, 9.17) is 4.74 Å². The number of nitrogens with zero attached hydrogens (tertiary/aromatic N) is 1. The van der Waals surface area contributed by atoms with Crippen LogP contribution in [0.4, 0.5) is 4.79 Å². The Kier molecular flexibility index (Phi) is 6.17. The number of ketones is 1. The van der Waals surface area contributed by atoms with Crippen LogP contribution in [0.5, 0.6) is 0 Å². The minimum Gasteiger partial charge on any atom is -0.444 e. The van der Waals surface area contributed by atoms with Crippen LogP contribution in [0.3, 0.4) is 0 Å². The lowest BCUT2D eigenvalue weighted by atomic mass is 10.1. The lowest BCUT2D eigenvalue weighted by molar-refractivity contribution is -0.121. The summed E-state index contributed by atoms with van der Waals surface area (Å²) in [6, 6.07) is 8.85. The highest BCUT2D eigenvalue weighted by Gasteiger charge is 2.30. The first-order valence-electron chi connectivity index (χ1n) is 8.60. The normalized spacial score (nSPS) is 17.2. The molecule has 0 bridgehead atoms. The minimum atomic E-state index is -0.532. The molecule has 6 nitrogen and oxygen atoms in total. The third-order valence-electron chi connectivity index (χ3n) is 3.88. The third-order valence-corrected chi connectivity index (χ3v) is 3.88. The molecule has 1 heterocycles. The van der Waals surface area contributed by atoms with Crippen molar-refractivity contribution in [2.45, 2.75) is 51.7 Å². The molecular weight excluding hydrogens is 320 g/mol. The van der Waals surface area contributed by atoms with E-state index in [2.05, 4.69) is 5.32 Å². The van der Waals surface area contributed by atoms with Crippen molar-refractivity contribution in [3.8, 4) is 0 Å². The summed E-state index contributed by atoms with van der Waals surface area (Å²) in [6.07, 6.45) is 0.663. The molecule has 0 saturated carbocycles. The Morgan fingerprint density at radius 2 is 1.84 bits per heavy atom. The zero-order chi connectivity index (χ0) is 18.4. The van der Waals surface area contributed by atoms with Gasteiger partial charge in [0.15, 0.2) is 5.78 Å². The van der Waals surface area contributed by atoms with Crippen LogP contribution >= 0.6 is 0 Å². The summed E-state index contributed by atoms with van der Waals surface area (Å²) in [5.74, 6) is -0.210.